The minimum absolute atomic E-state index is 0.0592. The van der Waals surface area contributed by atoms with Gasteiger partial charge in [-0.3, -0.25) is 0 Å². The molecule has 6 heteroatoms. The van der Waals surface area contributed by atoms with Crippen molar-refractivity contribution in [1.29, 1.82) is 0 Å². The van der Waals surface area contributed by atoms with E-state index in [-0.39, 0.29) is 6.04 Å². The van der Waals surface area contributed by atoms with Crippen LogP contribution in [0.25, 0.3) is 0 Å². The molecule has 0 saturated heterocycles. The summed E-state index contributed by atoms with van der Waals surface area (Å²) in [5.41, 5.74) is 7.16. The van der Waals surface area contributed by atoms with E-state index in [1.165, 1.54) is 11.5 Å². The maximum absolute atomic E-state index is 6.15. The molecule has 2 N–H and O–H groups in total. The highest BCUT2D eigenvalue weighted by Crippen LogP contribution is 2.21. The van der Waals surface area contributed by atoms with Crippen LogP contribution in [-0.2, 0) is 19.9 Å². The molecule has 0 aliphatic carbocycles. The summed E-state index contributed by atoms with van der Waals surface area (Å²) in [6, 6.07) is -0.0592. The van der Waals surface area contributed by atoms with E-state index in [1.54, 1.807) is 6.20 Å². The Morgan fingerprint density at radius 1 is 1.56 bits per heavy atom. The van der Waals surface area contributed by atoms with E-state index in [0.29, 0.717) is 0 Å². The van der Waals surface area contributed by atoms with Crippen molar-refractivity contribution in [2.24, 2.45) is 12.8 Å². The molecule has 2 rings (SSSR count). The smallest absolute Gasteiger partial charge is 0.110 e. The normalized spacial score (nSPS) is 12.9. The number of aryl methyl sites for hydroxylation is 2. The van der Waals surface area contributed by atoms with Gasteiger partial charge >= 0.3 is 0 Å². The number of hydrogen-bond acceptors (Lipinski definition) is 5. The van der Waals surface area contributed by atoms with E-state index >= 15 is 0 Å². The quantitative estimate of drug-likeness (QED) is 0.863. The van der Waals surface area contributed by atoms with E-state index in [1.807, 2.05) is 17.8 Å². The Balaban J connectivity index is 2.14. The number of nitrogens with zero attached hydrogens (tertiary/aromatic N) is 4. The summed E-state index contributed by atoms with van der Waals surface area (Å²) in [7, 11) is 1.97. The van der Waals surface area contributed by atoms with Gasteiger partial charge in [0.15, 0.2) is 0 Å². The van der Waals surface area contributed by atoms with E-state index in [2.05, 4.69) is 21.5 Å². The van der Waals surface area contributed by atoms with Crippen molar-refractivity contribution in [3.8, 4) is 0 Å². The summed E-state index contributed by atoms with van der Waals surface area (Å²) in [6.45, 7) is 2.06. The summed E-state index contributed by atoms with van der Waals surface area (Å²) in [5.74, 6) is 0.989. The first-order valence-electron chi connectivity index (χ1n) is 5.25. The van der Waals surface area contributed by atoms with E-state index in [0.717, 1.165) is 29.2 Å². The molecule has 0 bridgehead atoms. The third-order valence-corrected chi connectivity index (χ3v) is 3.48. The average Bonchev–Trinajstić information content (AvgIpc) is 2.87. The highest BCUT2D eigenvalue weighted by Gasteiger charge is 2.16. The largest absolute Gasteiger partial charge is 0.338 e. The van der Waals surface area contributed by atoms with Crippen molar-refractivity contribution in [3.63, 3.8) is 0 Å². The Hall–Kier alpha value is -1.27. The maximum Gasteiger partial charge on any atom is 0.110 e. The molecule has 0 saturated carbocycles. The molecule has 0 aliphatic heterocycles. The Morgan fingerprint density at radius 2 is 2.38 bits per heavy atom. The van der Waals surface area contributed by atoms with Crippen molar-refractivity contribution in [3.05, 3.63) is 28.8 Å². The predicted octanol–water partition coefficient (Wildman–Crippen LogP) is 1.08. The van der Waals surface area contributed by atoms with Gasteiger partial charge in [-0.1, -0.05) is 11.4 Å². The molecule has 0 amide bonds. The van der Waals surface area contributed by atoms with Gasteiger partial charge in [-0.05, 0) is 18.0 Å². The fourth-order valence-electron chi connectivity index (χ4n) is 1.62. The Bertz CT molecular complexity index is 461. The standard InChI is InChI=1S/C10H15N5S/c1-3-8-10(16-14-13-8)7(11)6-9-12-4-5-15(9)2/h4-5,7H,3,6,11H2,1-2H3. The lowest BCUT2D eigenvalue weighted by atomic mass is 10.1. The van der Waals surface area contributed by atoms with Gasteiger partial charge in [0.25, 0.3) is 0 Å². The van der Waals surface area contributed by atoms with Crippen LogP contribution in [0.1, 0.15) is 29.4 Å². The number of aromatic nitrogens is 4. The monoisotopic (exact) mass is 237 g/mol. The molecule has 5 nitrogen and oxygen atoms in total. The van der Waals surface area contributed by atoms with Crippen LogP contribution in [0.2, 0.25) is 0 Å². The molecule has 1 unspecified atom stereocenters. The van der Waals surface area contributed by atoms with Crippen LogP contribution in [0.15, 0.2) is 12.4 Å². The summed E-state index contributed by atoms with van der Waals surface area (Å²) in [5, 5.41) is 4.07. The fraction of sp³-hybridized carbons (Fsp3) is 0.500. The fourth-order valence-corrected chi connectivity index (χ4v) is 2.36. The molecule has 1 atom stereocenters. The second-order valence-corrected chi connectivity index (χ2v) is 4.49. The molecule has 0 aromatic carbocycles. The van der Waals surface area contributed by atoms with Gasteiger partial charge in [0.05, 0.1) is 10.6 Å². The van der Waals surface area contributed by atoms with Crippen LogP contribution in [0.4, 0.5) is 0 Å². The first-order chi connectivity index (χ1) is 7.72. The van der Waals surface area contributed by atoms with Gasteiger partial charge in [0, 0.05) is 31.9 Å². The first kappa shape index (κ1) is 11.2. The van der Waals surface area contributed by atoms with Gasteiger partial charge in [0.2, 0.25) is 0 Å². The van der Waals surface area contributed by atoms with Gasteiger partial charge in [-0.2, -0.15) is 0 Å². The second-order valence-electron chi connectivity index (χ2n) is 3.70. The van der Waals surface area contributed by atoms with Crippen molar-refractivity contribution < 1.29 is 0 Å². The van der Waals surface area contributed by atoms with E-state index < -0.39 is 0 Å². The summed E-state index contributed by atoms with van der Waals surface area (Å²) in [6.07, 6.45) is 5.31. The summed E-state index contributed by atoms with van der Waals surface area (Å²) in [4.78, 5) is 5.34. The van der Waals surface area contributed by atoms with Crippen LogP contribution in [0.3, 0.4) is 0 Å². The van der Waals surface area contributed by atoms with Crippen molar-refractivity contribution in [2.75, 3.05) is 0 Å². The number of hydrogen-bond donors (Lipinski definition) is 1. The minimum Gasteiger partial charge on any atom is -0.338 e. The molecule has 0 fully saturated rings. The SMILES string of the molecule is CCc1nnsc1C(N)Cc1nccn1C. The zero-order chi connectivity index (χ0) is 11.5. The molecule has 16 heavy (non-hydrogen) atoms. The highest BCUT2D eigenvalue weighted by atomic mass is 32.1. The molecular weight excluding hydrogens is 222 g/mol. The van der Waals surface area contributed by atoms with Crippen molar-refractivity contribution >= 4 is 11.5 Å². The molecule has 86 valence electrons. The van der Waals surface area contributed by atoms with Crippen LogP contribution >= 0.6 is 11.5 Å². The lowest BCUT2D eigenvalue weighted by Gasteiger charge is -2.09. The zero-order valence-electron chi connectivity index (χ0n) is 9.42. The van der Waals surface area contributed by atoms with Gasteiger partial charge < -0.3 is 10.3 Å². The summed E-state index contributed by atoms with van der Waals surface area (Å²) >= 11 is 1.39. The lowest BCUT2D eigenvalue weighted by Crippen LogP contribution is -2.16. The van der Waals surface area contributed by atoms with Crippen LogP contribution in [0.5, 0.6) is 0 Å². The predicted molar refractivity (Wildman–Crippen MR) is 63.1 cm³/mol. The van der Waals surface area contributed by atoms with Gasteiger partial charge in [0.1, 0.15) is 5.82 Å². The number of nitrogens with two attached hydrogens (primary N) is 1. The third-order valence-electron chi connectivity index (χ3n) is 2.58. The topological polar surface area (TPSA) is 69.6 Å². The van der Waals surface area contributed by atoms with Crippen LogP contribution in [-0.4, -0.2) is 19.1 Å². The lowest BCUT2D eigenvalue weighted by molar-refractivity contribution is 0.661. The van der Waals surface area contributed by atoms with Crippen LogP contribution in [0, 0.1) is 0 Å². The first-order valence-corrected chi connectivity index (χ1v) is 6.02. The minimum atomic E-state index is -0.0592. The molecule has 2 aromatic rings. The second kappa shape index (κ2) is 4.71. The molecule has 0 spiro atoms. The Kier molecular flexibility index (Phi) is 3.31. The molecular formula is C10H15N5S. The van der Waals surface area contributed by atoms with E-state index in [4.69, 9.17) is 5.73 Å². The summed E-state index contributed by atoms with van der Waals surface area (Å²) < 4.78 is 5.94. The highest BCUT2D eigenvalue weighted by molar-refractivity contribution is 7.05. The maximum atomic E-state index is 6.15. The van der Waals surface area contributed by atoms with Crippen molar-refractivity contribution in [1.82, 2.24) is 19.1 Å². The van der Waals surface area contributed by atoms with Crippen molar-refractivity contribution in [2.45, 2.75) is 25.8 Å². The van der Waals surface area contributed by atoms with Crippen LogP contribution < -0.4 is 5.73 Å². The zero-order valence-corrected chi connectivity index (χ0v) is 10.2. The Labute approximate surface area is 98.5 Å². The molecule has 0 aliphatic rings. The molecule has 0 radical (unpaired) electrons. The molecule has 2 aromatic heterocycles. The third kappa shape index (κ3) is 2.12. The molecule has 2 heterocycles. The number of imidazole rings is 1. The van der Waals surface area contributed by atoms with Gasteiger partial charge in [-0.25, -0.2) is 4.98 Å². The number of rotatable bonds is 4. The Morgan fingerprint density at radius 3 is 3.00 bits per heavy atom. The average molecular weight is 237 g/mol. The van der Waals surface area contributed by atoms with E-state index in [9.17, 15) is 0 Å². The van der Waals surface area contributed by atoms with Gasteiger partial charge in [-0.15, -0.1) is 5.10 Å².